The first-order valence-electron chi connectivity index (χ1n) is 6.28. The molecule has 0 atom stereocenters. The van der Waals surface area contributed by atoms with Gasteiger partial charge in [0, 0.05) is 11.2 Å². The van der Waals surface area contributed by atoms with Crippen LogP contribution in [0.5, 0.6) is 0 Å². The van der Waals surface area contributed by atoms with Crippen molar-refractivity contribution in [3.8, 4) is 11.4 Å². The number of rotatable bonds is 3. The molecule has 0 aliphatic rings. The van der Waals surface area contributed by atoms with Gasteiger partial charge in [-0.3, -0.25) is 4.98 Å². The second kappa shape index (κ2) is 5.76. The van der Waals surface area contributed by atoms with Gasteiger partial charge >= 0.3 is 0 Å². The van der Waals surface area contributed by atoms with E-state index in [0.29, 0.717) is 16.7 Å². The summed E-state index contributed by atoms with van der Waals surface area (Å²) in [5.41, 5.74) is 8.22. The van der Waals surface area contributed by atoms with Gasteiger partial charge in [-0.15, -0.1) is 0 Å². The minimum atomic E-state index is 0.306. The van der Waals surface area contributed by atoms with Crippen molar-refractivity contribution in [2.75, 3.05) is 5.73 Å². The highest BCUT2D eigenvalue weighted by Crippen LogP contribution is 2.17. The lowest BCUT2D eigenvalue weighted by Gasteiger charge is -1.95. The lowest BCUT2D eigenvalue weighted by atomic mass is 10.2. The zero-order chi connectivity index (χ0) is 14.7. The molecule has 6 heteroatoms. The third kappa shape index (κ3) is 3.09. The highest BCUT2D eigenvalue weighted by Gasteiger charge is 2.06. The van der Waals surface area contributed by atoms with Crippen LogP contribution in [0.4, 0.5) is 5.95 Å². The van der Waals surface area contributed by atoms with Gasteiger partial charge in [0.1, 0.15) is 5.69 Å². The van der Waals surface area contributed by atoms with Gasteiger partial charge in [-0.2, -0.15) is 5.10 Å². The molecule has 5 nitrogen and oxygen atoms in total. The van der Waals surface area contributed by atoms with Crippen molar-refractivity contribution in [2.45, 2.75) is 0 Å². The van der Waals surface area contributed by atoms with Crippen LogP contribution in [0.15, 0.2) is 60.0 Å². The van der Waals surface area contributed by atoms with E-state index in [2.05, 4.69) is 15.1 Å². The Hall–Kier alpha value is -2.66. The van der Waals surface area contributed by atoms with Gasteiger partial charge < -0.3 is 5.73 Å². The summed E-state index contributed by atoms with van der Waals surface area (Å²) in [6, 6.07) is 13.0. The van der Waals surface area contributed by atoms with Crippen LogP contribution in [-0.4, -0.2) is 20.9 Å². The Morgan fingerprint density at radius 3 is 2.62 bits per heavy atom. The third-order valence-corrected chi connectivity index (χ3v) is 3.09. The average molecular weight is 298 g/mol. The van der Waals surface area contributed by atoms with Crippen LogP contribution < -0.4 is 5.73 Å². The Bertz CT molecular complexity index is 763. The number of halogens is 1. The number of nitrogens with two attached hydrogens (primary N) is 1. The number of pyridine rings is 1. The van der Waals surface area contributed by atoms with Crippen LogP contribution in [0.3, 0.4) is 0 Å². The van der Waals surface area contributed by atoms with E-state index in [-0.39, 0.29) is 0 Å². The van der Waals surface area contributed by atoms with Crippen molar-refractivity contribution < 1.29 is 0 Å². The number of hydrogen-bond acceptors (Lipinski definition) is 4. The SMILES string of the molecule is Nc1nc(-c2ccccn2)cn1/N=C\c1ccc(Cl)cc1. The number of hydrogen-bond donors (Lipinski definition) is 1. The van der Waals surface area contributed by atoms with E-state index in [9.17, 15) is 0 Å². The molecule has 2 aromatic heterocycles. The van der Waals surface area contributed by atoms with Crippen molar-refractivity contribution in [1.29, 1.82) is 0 Å². The van der Waals surface area contributed by atoms with E-state index in [1.54, 1.807) is 30.7 Å². The highest BCUT2D eigenvalue weighted by molar-refractivity contribution is 6.30. The van der Waals surface area contributed by atoms with E-state index in [1.807, 2.05) is 30.3 Å². The second-order valence-corrected chi connectivity index (χ2v) is 4.78. The molecule has 0 aliphatic heterocycles. The monoisotopic (exact) mass is 297 g/mol. The number of nitrogen functional groups attached to an aromatic ring is 1. The van der Waals surface area contributed by atoms with Gasteiger partial charge in [0.05, 0.1) is 18.1 Å². The van der Waals surface area contributed by atoms with E-state index >= 15 is 0 Å². The fourth-order valence-electron chi connectivity index (χ4n) is 1.79. The van der Waals surface area contributed by atoms with Crippen LogP contribution in [0.25, 0.3) is 11.4 Å². The number of benzene rings is 1. The van der Waals surface area contributed by atoms with E-state index < -0.39 is 0 Å². The normalized spacial score (nSPS) is 11.1. The summed E-state index contributed by atoms with van der Waals surface area (Å²) in [6.07, 6.45) is 5.14. The Kier molecular flexibility index (Phi) is 3.66. The molecule has 1 aromatic carbocycles. The molecule has 0 saturated heterocycles. The zero-order valence-corrected chi connectivity index (χ0v) is 11.8. The molecule has 0 radical (unpaired) electrons. The summed E-state index contributed by atoms with van der Waals surface area (Å²) in [5, 5.41) is 4.97. The second-order valence-electron chi connectivity index (χ2n) is 4.34. The first kappa shape index (κ1) is 13.3. The van der Waals surface area contributed by atoms with Gasteiger partial charge in [0.2, 0.25) is 5.95 Å². The minimum Gasteiger partial charge on any atom is -0.368 e. The van der Waals surface area contributed by atoms with Crippen molar-refractivity contribution >= 4 is 23.8 Å². The Morgan fingerprint density at radius 1 is 1.10 bits per heavy atom. The molecule has 0 fully saturated rings. The van der Waals surface area contributed by atoms with Crippen LogP contribution >= 0.6 is 11.6 Å². The molecule has 21 heavy (non-hydrogen) atoms. The Morgan fingerprint density at radius 2 is 1.90 bits per heavy atom. The summed E-state index contributed by atoms with van der Waals surface area (Å²) >= 11 is 5.84. The molecular formula is C15H12ClN5. The Balaban J connectivity index is 1.86. The van der Waals surface area contributed by atoms with Crippen molar-refractivity contribution in [3.05, 3.63) is 65.4 Å². The van der Waals surface area contributed by atoms with Crippen molar-refractivity contribution in [2.24, 2.45) is 5.10 Å². The molecule has 104 valence electrons. The van der Waals surface area contributed by atoms with Gasteiger partial charge in [-0.1, -0.05) is 29.8 Å². The first-order valence-corrected chi connectivity index (χ1v) is 6.66. The number of aromatic nitrogens is 3. The predicted octanol–water partition coefficient (Wildman–Crippen LogP) is 3.06. The molecule has 3 aromatic rings. The Labute approximate surface area is 126 Å². The summed E-state index contributed by atoms with van der Waals surface area (Å²) < 4.78 is 1.51. The third-order valence-electron chi connectivity index (χ3n) is 2.84. The standard InChI is InChI=1S/C15H12ClN5/c16-12-6-4-11(5-7-12)9-19-21-10-14(20-15(21)17)13-3-1-2-8-18-13/h1-10H,(H2,17,20)/b19-9-. The topological polar surface area (TPSA) is 69.1 Å². The maximum absolute atomic E-state index is 5.86. The number of imidazole rings is 1. The van der Waals surface area contributed by atoms with Gasteiger partial charge in [-0.25, -0.2) is 9.66 Å². The van der Waals surface area contributed by atoms with Crippen LogP contribution in [0, 0.1) is 0 Å². The summed E-state index contributed by atoms with van der Waals surface area (Å²) in [7, 11) is 0. The maximum atomic E-state index is 5.86. The fourth-order valence-corrected chi connectivity index (χ4v) is 1.92. The lowest BCUT2D eigenvalue weighted by Crippen LogP contribution is -1.96. The van der Waals surface area contributed by atoms with Crippen molar-refractivity contribution in [3.63, 3.8) is 0 Å². The fraction of sp³-hybridized carbons (Fsp3) is 0. The molecule has 0 spiro atoms. The molecule has 3 rings (SSSR count). The zero-order valence-electron chi connectivity index (χ0n) is 11.0. The number of anilines is 1. The van der Waals surface area contributed by atoms with E-state index in [4.69, 9.17) is 17.3 Å². The molecule has 0 unspecified atom stereocenters. The molecule has 0 bridgehead atoms. The smallest absolute Gasteiger partial charge is 0.221 e. The molecular weight excluding hydrogens is 286 g/mol. The van der Waals surface area contributed by atoms with Crippen LogP contribution in [0.1, 0.15) is 5.56 Å². The van der Waals surface area contributed by atoms with Gasteiger partial charge in [-0.05, 0) is 29.8 Å². The number of nitrogens with zero attached hydrogens (tertiary/aromatic N) is 4. The lowest BCUT2D eigenvalue weighted by molar-refractivity contribution is 0.898. The van der Waals surface area contributed by atoms with Gasteiger partial charge in [0.15, 0.2) is 0 Å². The molecule has 0 aliphatic carbocycles. The van der Waals surface area contributed by atoms with E-state index in [0.717, 1.165) is 11.3 Å². The highest BCUT2D eigenvalue weighted by atomic mass is 35.5. The quantitative estimate of drug-likeness (QED) is 0.755. The van der Waals surface area contributed by atoms with E-state index in [1.165, 1.54) is 4.68 Å². The molecule has 2 heterocycles. The summed E-state index contributed by atoms with van der Waals surface area (Å²) in [4.78, 5) is 8.48. The van der Waals surface area contributed by atoms with Crippen LogP contribution in [0.2, 0.25) is 5.02 Å². The maximum Gasteiger partial charge on any atom is 0.221 e. The largest absolute Gasteiger partial charge is 0.368 e. The van der Waals surface area contributed by atoms with Crippen molar-refractivity contribution in [1.82, 2.24) is 14.6 Å². The summed E-state index contributed by atoms with van der Waals surface area (Å²) in [6.45, 7) is 0. The average Bonchev–Trinajstić information content (AvgIpc) is 2.89. The minimum absolute atomic E-state index is 0.306. The molecule has 2 N–H and O–H groups in total. The summed E-state index contributed by atoms with van der Waals surface area (Å²) in [5.74, 6) is 0.306. The first-order chi connectivity index (χ1) is 10.2. The molecule has 0 amide bonds. The van der Waals surface area contributed by atoms with Crippen LogP contribution in [-0.2, 0) is 0 Å². The predicted molar refractivity (Wildman–Crippen MR) is 84.3 cm³/mol. The molecule has 0 saturated carbocycles. The van der Waals surface area contributed by atoms with Gasteiger partial charge in [0.25, 0.3) is 0 Å².